The van der Waals surface area contributed by atoms with Crippen LogP contribution in [0.3, 0.4) is 0 Å². The van der Waals surface area contributed by atoms with Crippen molar-refractivity contribution in [3.05, 3.63) is 68.5 Å². The molecule has 0 unspecified atom stereocenters. The van der Waals surface area contributed by atoms with Crippen molar-refractivity contribution in [1.82, 2.24) is 9.13 Å². The van der Waals surface area contributed by atoms with Crippen molar-refractivity contribution in [1.29, 1.82) is 0 Å². The molecule has 1 N–H and O–H groups in total. The van der Waals surface area contributed by atoms with Gasteiger partial charge < -0.3 is 5.11 Å². The number of carboxylic acids is 1. The van der Waals surface area contributed by atoms with Crippen LogP contribution in [0.1, 0.15) is 22.8 Å². The lowest BCUT2D eigenvalue weighted by atomic mass is 10.2. The van der Waals surface area contributed by atoms with Crippen molar-refractivity contribution in [2.45, 2.75) is 20.0 Å². The number of benzene rings is 1. The van der Waals surface area contributed by atoms with Crippen LogP contribution in [0.5, 0.6) is 0 Å². The Morgan fingerprint density at radius 2 is 1.77 bits per heavy atom. The fourth-order valence-corrected chi connectivity index (χ4v) is 2.06. The van der Waals surface area contributed by atoms with Crippen molar-refractivity contribution < 1.29 is 14.7 Å². The SMILES string of the molecule is CC(=O)c1cn(CC(=O)O)c(=O)n(Cc2ccccc2)c1=O. The predicted molar refractivity (Wildman–Crippen MR) is 78.1 cm³/mol. The highest BCUT2D eigenvalue weighted by Crippen LogP contribution is 2.00. The molecule has 1 aromatic carbocycles. The van der Waals surface area contributed by atoms with E-state index in [1.165, 1.54) is 6.92 Å². The summed E-state index contributed by atoms with van der Waals surface area (Å²) in [5.74, 6) is -1.76. The monoisotopic (exact) mass is 302 g/mol. The second-order valence-corrected chi connectivity index (χ2v) is 4.78. The Hall–Kier alpha value is -2.96. The van der Waals surface area contributed by atoms with Crippen LogP contribution < -0.4 is 11.2 Å². The molecule has 0 fully saturated rings. The number of hydrogen-bond acceptors (Lipinski definition) is 4. The zero-order valence-corrected chi connectivity index (χ0v) is 11.9. The Bertz CT molecular complexity index is 833. The molecule has 0 amide bonds. The third-order valence-electron chi connectivity index (χ3n) is 3.11. The van der Waals surface area contributed by atoms with Gasteiger partial charge in [0, 0.05) is 6.20 Å². The van der Waals surface area contributed by atoms with Gasteiger partial charge >= 0.3 is 11.7 Å². The highest BCUT2D eigenvalue weighted by atomic mass is 16.4. The summed E-state index contributed by atoms with van der Waals surface area (Å²) >= 11 is 0. The Labute approximate surface area is 125 Å². The number of nitrogens with zero attached hydrogens (tertiary/aromatic N) is 2. The van der Waals surface area contributed by atoms with E-state index in [0.717, 1.165) is 15.3 Å². The fourth-order valence-electron chi connectivity index (χ4n) is 2.06. The third-order valence-corrected chi connectivity index (χ3v) is 3.11. The smallest absolute Gasteiger partial charge is 0.331 e. The largest absolute Gasteiger partial charge is 0.480 e. The van der Waals surface area contributed by atoms with E-state index in [-0.39, 0.29) is 12.1 Å². The van der Waals surface area contributed by atoms with Crippen LogP contribution in [0, 0.1) is 0 Å². The Kier molecular flexibility index (Phi) is 4.36. The zero-order valence-electron chi connectivity index (χ0n) is 11.9. The summed E-state index contributed by atoms with van der Waals surface area (Å²) in [7, 11) is 0. The van der Waals surface area contributed by atoms with Crippen LogP contribution >= 0.6 is 0 Å². The number of carboxylic acid groups (broad SMARTS) is 1. The molecule has 0 aliphatic heterocycles. The van der Waals surface area contributed by atoms with Gasteiger partial charge in [0.15, 0.2) is 5.78 Å². The van der Waals surface area contributed by atoms with E-state index >= 15 is 0 Å². The zero-order chi connectivity index (χ0) is 16.3. The molecule has 2 rings (SSSR count). The molecule has 0 bridgehead atoms. The van der Waals surface area contributed by atoms with Crippen molar-refractivity contribution in [3.8, 4) is 0 Å². The van der Waals surface area contributed by atoms with E-state index in [1.807, 2.05) is 0 Å². The van der Waals surface area contributed by atoms with Crippen molar-refractivity contribution in [2.75, 3.05) is 0 Å². The number of ketones is 1. The summed E-state index contributed by atoms with van der Waals surface area (Å²) < 4.78 is 1.72. The third kappa shape index (κ3) is 3.20. The minimum atomic E-state index is -1.23. The molecule has 0 aliphatic rings. The second kappa shape index (κ2) is 6.21. The van der Waals surface area contributed by atoms with E-state index in [4.69, 9.17) is 5.11 Å². The first-order valence-electron chi connectivity index (χ1n) is 6.51. The van der Waals surface area contributed by atoms with E-state index in [1.54, 1.807) is 30.3 Å². The molecule has 0 atom stereocenters. The average Bonchev–Trinajstić information content (AvgIpc) is 2.46. The number of Topliss-reactive ketones (excluding diaryl/α,β-unsaturated/α-hetero) is 1. The second-order valence-electron chi connectivity index (χ2n) is 4.78. The molecule has 0 radical (unpaired) electrons. The fraction of sp³-hybridized carbons (Fsp3) is 0.200. The van der Waals surface area contributed by atoms with Crippen LogP contribution in [-0.4, -0.2) is 26.0 Å². The molecule has 0 spiro atoms. The van der Waals surface area contributed by atoms with E-state index in [0.29, 0.717) is 5.56 Å². The Morgan fingerprint density at radius 1 is 1.14 bits per heavy atom. The minimum absolute atomic E-state index is 0.0285. The Morgan fingerprint density at radius 3 is 2.32 bits per heavy atom. The number of aromatic nitrogens is 2. The lowest BCUT2D eigenvalue weighted by Crippen LogP contribution is -2.43. The number of rotatable bonds is 5. The molecule has 0 saturated heterocycles. The van der Waals surface area contributed by atoms with Gasteiger partial charge in [0.05, 0.1) is 12.1 Å². The topological polar surface area (TPSA) is 98.4 Å². The molecule has 1 heterocycles. The quantitative estimate of drug-likeness (QED) is 0.803. The van der Waals surface area contributed by atoms with Crippen LogP contribution in [0.4, 0.5) is 0 Å². The van der Waals surface area contributed by atoms with Crippen LogP contribution in [0.2, 0.25) is 0 Å². The molecule has 0 aliphatic carbocycles. The summed E-state index contributed by atoms with van der Waals surface area (Å²) in [6.45, 7) is 0.548. The van der Waals surface area contributed by atoms with Crippen LogP contribution in [-0.2, 0) is 17.9 Å². The molecular weight excluding hydrogens is 288 g/mol. The maximum absolute atomic E-state index is 12.3. The highest BCUT2D eigenvalue weighted by molar-refractivity contribution is 5.93. The first kappa shape index (κ1) is 15.4. The molecule has 2 aromatic rings. The van der Waals surface area contributed by atoms with Crippen molar-refractivity contribution >= 4 is 11.8 Å². The molecule has 22 heavy (non-hydrogen) atoms. The van der Waals surface area contributed by atoms with E-state index in [9.17, 15) is 19.2 Å². The number of carbonyl (C=O) groups excluding carboxylic acids is 1. The lowest BCUT2D eigenvalue weighted by molar-refractivity contribution is -0.137. The van der Waals surface area contributed by atoms with E-state index < -0.39 is 29.5 Å². The standard InChI is InChI=1S/C15H14N2O5/c1-10(18)12-8-16(9-13(19)20)15(22)17(14(12)21)7-11-5-3-2-4-6-11/h2-6,8H,7,9H2,1H3,(H,19,20). The predicted octanol–water partition coefficient (Wildman–Crippen LogP) is 0.345. The maximum atomic E-state index is 12.3. The molecule has 1 aromatic heterocycles. The normalized spacial score (nSPS) is 10.4. The summed E-state index contributed by atoms with van der Waals surface area (Å²) in [5.41, 5.74) is -0.995. The van der Waals surface area contributed by atoms with Gasteiger partial charge in [-0.05, 0) is 12.5 Å². The first-order chi connectivity index (χ1) is 10.4. The van der Waals surface area contributed by atoms with Crippen molar-refractivity contribution in [2.24, 2.45) is 0 Å². The molecular formula is C15H14N2O5. The van der Waals surface area contributed by atoms with Gasteiger partial charge in [-0.25, -0.2) is 4.79 Å². The summed E-state index contributed by atoms with van der Waals surface area (Å²) in [6.07, 6.45) is 1.00. The first-order valence-corrected chi connectivity index (χ1v) is 6.51. The van der Waals surface area contributed by atoms with Crippen molar-refractivity contribution in [3.63, 3.8) is 0 Å². The average molecular weight is 302 g/mol. The number of aliphatic carboxylic acids is 1. The minimum Gasteiger partial charge on any atom is -0.480 e. The maximum Gasteiger partial charge on any atom is 0.331 e. The van der Waals surface area contributed by atoms with Crippen LogP contribution in [0.25, 0.3) is 0 Å². The number of carbonyl (C=O) groups is 2. The van der Waals surface area contributed by atoms with Gasteiger partial charge in [-0.1, -0.05) is 30.3 Å². The lowest BCUT2D eigenvalue weighted by Gasteiger charge is -2.10. The van der Waals surface area contributed by atoms with Gasteiger partial charge in [-0.3, -0.25) is 23.5 Å². The van der Waals surface area contributed by atoms with Gasteiger partial charge in [0.25, 0.3) is 5.56 Å². The van der Waals surface area contributed by atoms with Gasteiger partial charge in [-0.2, -0.15) is 0 Å². The van der Waals surface area contributed by atoms with Crippen LogP contribution in [0.15, 0.2) is 46.1 Å². The summed E-state index contributed by atoms with van der Waals surface area (Å²) in [4.78, 5) is 46.9. The molecule has 7 nitrogen and oxygen atoms in total. The number of hydrogen-bond donors (Lipinski definition) is 1. The Balaban J connectivity index is 2.63. The van der Waals surface area contributed by atoms with E-state index in [2.05, 4.69) is 0 Å². The molecule has 0 saturated carbocycles. The molecule has 7 heteroatoms. The van der Waals surface area contributed by atoms with Gasteiger partial charge in [0.2, 0.25) is 0 Å². The summed E-state index contributed by atoms with van der Waals surface area (Å²) in [6, 6.07) is 8.76. The highest BCUT2D eigenvalue weighted by Gasteiger charge is 2.16. The van der Waals surface area contributed by atoms with Gasteiger partial charge in [-0.15, -0.1) is 0 Å². The molecule has 114 valence electrons. The summed E-state index contributed by atoms with van der Waals surface area (Å²) in [5, 5.41) is 8.84. The van der Waals surface area contributed by atoms with Gasteiger partial charge in [0.1, 0.15) is 6.54 Å².